The lowest BCUT2D eigenvalue weighted by Crippen LogP contribution is -1.79. The van der Waals surface area contributed by atoms with E-state index in [-0.39, 0.29) is 0 Å². The van der Waals surface area contributed by atoms with E-state index in [1.807, 2.05) is 13.8 Å². The molecule has 0 aliphatic rings. The van der Waals surface area contributed by atoms with E-state index in [2.05, 4.69) is 22.4 Å². The van der Waals surface area contributed by atoms with Crippen molar-refractivity contribution in [1.29, 1.82) is 0 Å². The van der Waals surface area contributed by atoms with Crippen LogP contribution < -0.4 is 0 Å². The Labute approximate surface area is 76.6 Å². The van der Waals surface area contributed by atoms with Gasteiger partial charge in [-0.1, -0.05) is 0 Å². The second kappa shape index (κ2) is 3.48. The molecule has 0 radical (unpaired) electrons. The molecule has 12 heavy (non-hydrogen) atoms. The van der Waals surface area contributed by atoms with E-state index in [1.54, 1.807) is 12.1 Å². The first-order chi connectivity index (χ1) is 5.65. The SMILES string of the molecule is Cc1cc(N=C=S)cc(C)c1O. The third-order valence-corrected chi connectivity index (χ3v) is 1.74. The Bertz CT molecular complexity index is 331. The second-order valence-electron chi connectivity index (χ2n) is 2.63. The monoisotopic (exact) mass is 179 g/mol. The van der Waals surface area contributed by atoms with Crippen molar-refractivity contribution in [1.82, 2.24) is 0 Å². The Hall–Kier alpha value is -1.18. The average Bonchev–Trinajstić information content (AvgIpc) is 2.01. The fourth-order valence-electron chi connectivity index (χ4n) is 1.05. The number of aryl methyl sites for hydroxylation is 2. The van der Waals surface area contributed by atoms with Gasteiger partial charge in [0.05, 0.1) is 10.8 Å². The van der Waals surface area contributed by atoms with E-state index >= 15 is 0 Å². The maximum atomic E-state index is 9.41. The van der Waals surface area contributed by atoms with Gasteiger partial charge in [-0.05, 0) is 49.3 Å². The predicted molar refractivity (Wildman–Crippen MR) is 52.3 cm³/mol. The summed E-state index contributed by atoms with van der Waals surface area (Å²) in [6.07, 6.45) is 0. The molecule has 0 saturated carbocycles. The van der Waals surface area contributed by atoms with E-state index in [1.165, 1.54) is 0 Å². The minimum absolute atomic E-state index is 0.318. The Morgan fingerprint density at radius 2 is 1.83 bits per heavy atom. The number of aromatic hydroxyl groups is 1. The predicted octanol–water partition coefficient (Wildman–Crippen LogP) is 2.74. The third-order valence-electron chi connectivity index (χ3n) is 1.65. The lowest BCUT2D eigenvalue weighted by molar-refractivity contribution is 0.467. The highest BCUT2D eigenvalue weighted by atomic mass is 32.1. The standard InChI is InChI=1S/C9H9NOS/c1-6-3-8(10-5-12)4-7(2)9(6)11/h3-4,11H,1-2H3. The van der Waals surface area contributed by atoms with Gasteiger partial charge in [0.1, 0.15) is 5.75 Å². The van der Waals surface area contributed by atoms with Gasteiger partial charge < -0.3 is 5.11 Å². The van der Waals surface area contributed by atoms with Gasteiger partial charge >= 0.3 is 0 Å². The Morgan fingerprint density at radius 3 is 2.25 bits per heavy atom. The number of isothiocyanates is 1. The number of benzene rings is 1. The van der Waals surface area contributed by atoms with Crippen LogP contribution in [0.4, 0.5) is 5.69 Å². The van der Waals surface area contributed by atoms with Crippen molar-refractivity contribution in [2.24, 2.45) is 4.99 Å². The van der Waals surface area contributed by atoms with E-state index in [0.29, 0.717) is 5.75 Å². The molecule has 0 fully saturated rings. The highest BCUT2D eigenvalue weighted by Gasteiger charge is 2.01. The summed E-state index contributed by atoms with van der Waals surface area (Å²) in [6.45, 7) is 3.65. The molecule has 3 heteroatoms. The molecule has 0 aliphatic heterocycles. The van der Waals surface area contributed by atoms with Gasteiger partial charge in [0, 0.05) is 0 Å². The number of aliphatic imine (C=N–C) groups is 1. The van der Waals surface area contributed by atoms with Crippen LogP contribution in [-0.2, 0) is 0 Å². The van der Waals surface area contributed by atoms with Crippen molar-refractivity contribution >= 4 is 23.1 Å². The van der Waals surface area contributed by atoms with Crippen LogP contribution in [0, 0.1) is 13.8 Å². The minimum atomic E-state index is 0.318. The van der Waals surface area contributed by atoms with Crippen LogP contribution in [0.1, 0.15) is 11.1 Å². The van der Waals surface area contributed by atoms with Gasteiger partial charge in [0.15, 0.2) is 0 Å². The van der Waals surface area contributed by atoms with Gasteiger partial charge in [0.2, 0.25) is 0 Å². The van der Waals surface area contributed by atoms with Crippen molar-refractivity contribution in [3.8, 4) is 5.75 Å². The molecular weight excluding hydrogens is 170 g/mol. The fourth-order valence-corrected chi connectivity index (χ4v) is 1.16. The van der Waals surface area contributed by atoms with Crippen molar-refractivity contribution in [3.63, 3.8) is 0 Å². The number of hydrogen-bond donors (Lipinski definition) is 1. The summed E-state index contributed by atoms with van der Waals surface area (Å²) in [5.41, 5.74) is 2.34. The van der Waals surface area contributed by atoms with E-state index in [0.717, 1.165) is 16.8 Å². The van der Waals surface area contributed by atoms with Crippen molar-refractivity contribution in [2.45, 2.75) is 13.8 Å². The van der Waals surface area contributed by atoms with Crippen LogP contribution in [0.2, 0.25) is 0 Å². The van der Waals surface area contributed by atoms with Crippen LogP contribution >= 0.6 is 12.2 Å². The molecule has 0 atom stereocenters. The Kier molecular flexibility index (Phi) is 2.58. The number of phenols is 1. The quantitative estimate of drug-likeness (QED) is 0.531. The van der Waals surface area contributed by atoms with Crippen molar-refractivity contribution in [3.05, 3.63) is 23.3 Å². The molecule has 1 aromatic carbocycles. The van der Waals surface area contributed by atoms with Crippen LogP contribution in [0.5, 0.6) is 5.75 Å². The maximum absolute atomic E-state index is 9.41. The zero-order chi connectivity index (χ0) is 9.14. The molecule has 1 rings (SSSR count). The highest BCUT2D eigenvalue weighted by molar-refractivity contribution is 7.78. The zero-order valence-corrected chi connectivity index (χ0v) is 7.77. The van der Waals surface area contributed by atoms with Crippen LogP contribution in [0.3, 0.4) is 0 Å². The molecule has 0 aromatic heterocycles. The van der Waals surface area contributed by atoms with Gasteiger partial charge in [-0.15, -0.1) is 0 Å². The van der Waals surface area contributed by atoms with E-state index < -0.39 is 0 Å². The molecule has 2 nitrogen and oxygen atoms in total. The lowest BCUT2D eigenvalue weighted by atomic mass is 10.1. The number of nitrogens with zero attached hydrogens (tertiary/aromatic N) is 1. The van der Waals surface area contributed by atoms with Crippen molar-refractivity contribution < 1.29 is 5.11 Å². The minimum Gasteiger partial charge on any atom is -0.507 e. The second-order valence-corrected chi connectivity index (χ2v) is 2.81. The van der Waals surface area contributed by atoms with Gasteiger partial charge in [-0.2, -0.15) is 4.99 Å². The van der Waals surface area contributed by atoms with Crippen molar-refractivity contribution in [2.75, 3.05) is 0 Å². The Balaban J connectivity index is 3.30. The van der Waals surface area contributed by atoms with Gasteiger partial charge in [-0.3, -0.25) is 0 Å². The summed E-state index contributed by atoms with van der Waals surface area (Å²) in [4.78, 5) is 3.82. The van der Waals surface area contributed by atoms with E-state index in [9.17, 15) is 5.11 Å². The molecule has 0 heterocycles. The summed E-state index contributed by atoms with van der Waals surface area (Å²) < 4.78 is 0. The molecular formula is C9H9NOS. The Morgan fingerprint density at radius 1 is 1.33 bits per heavy atom. The summed E-state index contributed by atoms with van der Waals surface area (Å²) in [7, 11) is 0. The number of hydrogen-bond acceptors (Lipinski definition) is 3. The first-order valence-electron chi connectivity index (χ1n) is 3.53. The first kappa shape index (κ1) is 8.91. The summed E-state index contributed by atoms with van der Waals surface area (Å²) in [5, 5.41) is 11.7. The van der Waals surface area contributed by atoms with Crippen LogP contribution in [0.15, 0.2) is 17.1 Å². The molecule has 62 valence electrons. The first-order valence-corrected chi connectivity index (χ1v) is 3.94. The molecule has 0 aliphatic carbocycles. The maximum Gasteiger partial charge on any atom is 0.121 e. The summed E-state index contributed by atoms with van der Waals surface area (Å²) in [5.74, 6) is 0.318. The lowest BCUT2D eigenvalue weighted by Gasteiger charge is -2.02. The molecule has 0 saturated heterocycles. The third kappa shape index (κ3) is 1.70. The molecule has 0 unspecified atom stereocenters. The topological polar surface area (TPSA) is 32.6 Å². The fraction of sp³-hybridized carbons (Fsp3) is 0.222. The highest BCUT2D eigenvalue weighted by Crippen LogP contribution is 2.26. The summed E-state index contributed by atoms with van der Waals surface area (Å²) >= 11 is 4.47. The van der Waals surface area contributed by atoms with E-state index in [4.69, 9.17) is 0 Å². The van der Waals surface area contributed by atoms with Crippen LogP contribution in [-0.4, -0.2) is 10.3 Å². The van der Waals surface area contributed by atoms with Gasteiger partial charge in [-0.25, -0.2) is 0 Å². The summed E-state index contributed by atoms with van der Waals surface area (Å²) in [6, 6.07) is 3.53. The van der Waals surface area contributed by atoms with Crippen LogP contribution in [0.25, 0.3) is 0 Å². The normalized spacial score (nSPS) is 9.17. The largest absolute Gasteiger partial charge is 0.507 e. The average molecular weight is 179 g/mol. The molecule has 0 spiro atoms. The number of thiocarbonyl (C=S) groups is 1. The molecule has 1 aromatic rings. The van der Waals surface area contributed by atoms with Gasteiger partial charge in [0.25, 0.3) is 0 Å². The zero-order valence-electron chi connectivity index (χ0n) is 6.96. The number of phenolic OH excluding ortho intramolecular Hbond substituents is 1. The smallest absolute Gasteiger partial charge is 0.121 e. The molecule has 0 bridgehead atoms. The molecule has 0 amide bonds. The molecule has 1 N–H and O–H groups in total. The number of rotatable bonds is 1.